The van der Waals surface area contributed by atoms with Crippen molar-refractivity contribution >= 4 is 17.7 Å². The monoisotopic (exact) mass is 313 g/mol. The first-order valence-electron chi connectivity index (χ1n) is 7.02. The van der Waals surface area contributed by atoms with Crippen molar-refractivity contribution in [1.29, 1.82) is 0 Å². The van der Waals surface area contributed by atoms with Gasteiger partial charge in [0.1, 0.15) is 17.2 Å². The molecule has 120 valence electrons. The van der Waals surface area contributed by atoms with Crippen molar-refractivity contribution in [2.75, 3.05) is 26.6 Å². The Balaban J connectivity index is 2.15. The van der Waals surface area contributed by atoms with E-state index in [-0.39, 0.29) is 5.91 Å². The highest BCUT2D eigenvalue weighted by Crippen LogP contribution is 2.26. The second-order valence-electron chi connectivity index (χ2n) is 4.63. The van der Waals surface area contributed by atoms with Gasteiger partial charge in [0.25, 0.3) is 0 Å². The molecule has 23 heavy (non-hydrogen) atoms. The van der Waals surface area contributed by atoms with Crippen LogP contribution in [0.5, 0.6) is 17.2 Å². The summed E-state index contributed by atoms with van der Waals surface area (Å²) >= 11 is 0. The number of ether oxygens (including phenoxy) is 3. The van der Waals surface area contributed by atoms with Crippen molar-refractivity contribution < 1.29 is 19.0 Å². The van der Waals surface area contributed by atoms with Gasteiger partial charge in [0, 0.05) is 11.6 Å². The van der Waals surface area contributed by atoms with Gasteiger partial charge in [0.15, 0.2) is 0 Å². The summed E-state index contributed by atoms with van der Waals surface area (Å²) in [7, 11) is 4.72. The zero-order chi connectivity index (χ0) is 16.7. The molecule has 1 amide bonds. The third kappa shape index (κ3) is 4.26. The van der Waals surface area contributed by atoms with Crippen LogP contribution in [0.4, 0.5) is 5.69 Å². The Hall–Kier alpha value is -2.95. The Morgan fingerprint density at radius 3 is 2.39 bits per heavy atom. The van der Waals surface area contributed by atoms with Crippen LogP contribution in [0.25, 0.3) is 6.08 Å². The Labute approximate surface area is 135 Å². The van der Waals surface area contributed by atoms with E-state index in [1.165, 1.54) is 6.08 Å². The van der Waals surface area contributed by atoms with Crippen LogP contribution in [0.3, 0.4) is 0 Å². The number of carbonyl (C=O) groups is 1. The molecule has 0 saturated carbocycles. The number of carbonyl (C=O) groups excluding carboxylic acids is 1. The lowest BCUT2D eigenvalue weighted by Crippen LogP contribution is -2.08. The molecule has 0 unspecified atom stereocenters. The molecule has 2 rings (SSSR count). The maximum Gasteiger partial charge on any atom is 0.248 e. The molecule has 2 aromatic rings. The van der Waals surface area contributed by atoms with Gasteiger partial charge in [0.2, 0.25) is 5.91 Å². The molecule has 0 aliphatic rings. The molecule has 0 heterocycles. The molecule has 5 nitrogen and oxygen atoms in total. The maximum absolute atomic E-state index is 12.1. The van der Waals surface area contributed by atoms with E-state index in [4.69, 9.17) is 14.2 Å². The topological polar surface area (TPSA) is 56.8 Å². The average molecular weight is 313 g/mol. The fourth-order valence-electron chi connectivity index (χ4n) is 2.06. The van der Waals surface area contributed by atoms with E-state index in [1.807, 2.05) is 12.1 Å². The van der Waals surface area contributed by atoms with Gasteiger partial charge < -0.3 is 19.5 Å². The molecular weight excluding hydrogens is 294 g/mol. The number of anilines is 1. The first-order chi connectivity index (χ1) is 11.2. The molecule has 0 fully saturated rings. The molecule has 0 spiro atoms. The van der Waals surface area contributed by atoms with Crippen LogP contribution in [0.1, 0.15) is 5.56 Å². The number of benzene rings is 2. The molecule has 0 aliphatic carbocycles. The van der Waals surface area contributed by atoms with Crippen molar-refractivity contribution in [3.05, 3.63) is 54.1 Å². The summed E-state index contributed by atoms with van der Waals surface area (Å²) in [5, 5.41) is 2.77. The highest BCUT2D eigenvalue weighted by molar-refractivity contribution is 6.02. The fraction of sp³-hybridized carbons (Fsp3) is 0.167. The standard InChI is InChI=1S/C18H19NO4/c1-21-14-9-10-16(22-2)13(12-14)8-11-18(20)19-15-6-4-5-7-17(15)23-3/h4-12H,1-3H3,(H,19,20). The van der Waals surface area contributed by atoms with Gasteiger partial charge >= 0.3 is 0 Å². The van der Waals surface area contributed by atoms with Crippen LogP contribution in [-0.4, -0.2) is 27.2 Å². The molecule has 0 atom stereocenters. The Morgan fingerprint density at radius 2 is 1.70 bits per heavy atom. The Bertz CT molecular complexity index is 710. The third-order valence-corrected chi connectivity index (χ3v) is 3.22. The van der Waals surface area contributed by atoms with Crippen LogP contribution in [0.15, 0.2) is 48.5 Å². The van der Waals surface area contributed by atoms with Gasteiger partial charge in [-0.15, -0.1) is 0 Å². The summed E-state index contributed by atoms with van der Waals surface area (Å²) in [5.41, 5.74) is 1.37. The van der Waals surface area contributed by atoms with E-state index in [0.717, 1.165) is 5.56 Å². The maximum atomic E-state index is 12.1. The largest absolute Gasteiger partial charge is 0.497 e. The van der Waals surface area contributed by atoms with E-state index in [9.17, 15) is 4.79 Å². The number of rotatable bonds is 6. The van der Waals surface area contributed by atoms with Gasteiger partial charge in [0.05, 0.1) is 27.0 Å². The van der Waals surface area contributed by atoms with Crippen molar-refractivity contribution in [3.63, 3.8) is 0 Å². The highest BCUT2D eigenvalue weighted by atomic mass is 16.5. The molecule has 0 bridgehead atoms. The lowest BCUT2D eigenvalue weighted by Gasteiger charge is -2.09. The first kappa shape index (κ1) is 16.4. The van der Waals surface area contributed by atoms with E-state index >= 15 is 0 Å². The number of amides is 1. The average Bonchev–Trinajstić information content (AvgIpc) is 2.60. The van der Waals surface area contributed by atoms with Crippen LogP contribution in [-0.2, 0) is 4.79 Å². The Morgan fingerprint density at radius 1 is 0.957 bits per heavy atom. The summed E-state index contributed by atoms with van der Waals surface area (Å²) in [5.74, 6) is 1.69. The second kappa shape index (κ2) is 7.89. The molecule has 0 aromatic heterocycles. The molecule has 2 aromatic carbocycles. The normalized spacial score (nSPS) is 10.4. The summed E-state index contributed by atoms with van der Waals surface area (Å²) in [6, 6.07) is 12.6. The van der Waals surface area contributed by atoms with Gasteiger partial charge in [-0.3, -0.25) is 4.79 Å². The van der Waals surface area contributed by atoms with Crippen molar-refractivity contribution in [1.82, 2.24) is 0 Å². The predicted octanol–water partition coefficient (Wildman–Crippen LogP) is 3.36. The lowest BCUT2D eigenvalue weighted by atomic mass is 10.1. The van der Waals surface area contributed by atoms with E-state index in [1.54, 1.807) is 57.7 Å². The number of hydrogen-bond acceptors (Lipinski definition) is 4. The molecule has 5 heteroatoms. The Kier molecular flexibility index (Phi) is 5.63. The summed E-state index contributed by atoms with van der Waals surface area (Å²) in [6.07, 6.45) is 3.11. The van der Waals surface area contributed by atoms with E-state index in [0.29, 0.717) is 22.9 Å². The molecule has 0 radical (unpaired) electrons. The van der Waals surface area contributed by atoms with Crippen LogP contribution in [0, 0.1) is 0 Å². The van der Waals surface area contributed by atoms with Crippen molar-refractivity contribution in [3.8, 4) is 17.2 Å². The third-order valence-electron chi connectivity index (χ3n) is 3.22. The minimum Gasteiger partial charge on any atom is -0.497 e. The van der Waals surface area contributed by atoms with Crippen molar-refractivity contribution in [2.45, 2.75) is 0 Å². The number of nitrogens with one attached hydrogen (secondary N) is 1. The van der Waals surface area contributed by atoms with Gasteiger partial charge in [-0.1, -0.05) is 12.1 Å². The van der Waals surface area contributed by atoms with Gasteiger partial charge in [-0.25, -0.2) is 0 Å². The first-order valence-corrected chi connectivity index (χ1v) is 7.02. The smallest absolute Gasteiger partial charge is 0.248 e. The van der Waals surface area contributed by atoms with Gasteiger partial charge in [-0.05, 0) is 36.4 Å². The summed E-state index contributed by atoms with van der Waals surface area (Å²) < 4.78 is 15.7. The fourth-order valence-corrected chi connectivity index (χ4v) is 2.06. The second-order valence-corrected chi connectivity index (χ2v) is 4.63. The number of hydrogen-bond donors (Lipinski definition) is 1. The highest BCUT2D eigenvalue weighted by Gasteiger charge is 2.06. The zero-order valence-electron chi connectivity index (χ0n) is 13.3. The molecule has 1 N–H and O–H groups in total. The zero-order valence-corrected chi connectivity index (χ0v) is 13.3. The predicted molar refractivity (Wildman–Crippen MR) is 90.2 cm³/mol. The van der Waals surface area contributed by atoms with Crippen LogP contribution in [0.2, 0.25) is 0 Å². The number of methoxy groups -OCH3 is 3. The molecule has 0 saturated heterocycles. The minimum atomic E-state index is -0.264. The SMILES string of the molecule is COc1ccc(OC)c(C=CC(=O)Nc2ccccc2OC)c1. The quantitative estimate of drug-likeness (QED) is 0.831. The van der Waals surface area contributed by atoms with Crippen molar-refractivity contribution in [2.24, 2.45) is 0 Å². The minimum absolute atomic E-state index is 0.264. The lowest BCUT2D eigenvalue weighted by molar-refractivity contribution is -0.111. The summed E-state index contributed by atoms with van der Waals surface area (Å²) in [6.45, 7) is 0. The number of para-hydroxylation sites is 2. The summed E-state index contributed by atoms with van der Waals surface area (Å²) in [4.78, 5) is 12.1. The molecule has 0 aliphatic heterocycles. The van der Waals surface area contributed by atoms with Crippen LogP contribution < -0.4 is 19.5 Å². The molecular formula is C18H19NO4. The van der Waals surface area contributed by atoms with E-state index < -0.39 is 0 Å². The van der Waals surface area contributed by atoms with E-state index in [2.05, 4.69) is 5.32 Å². The van der Waals surface area contributed by atoms with Gasteiger partial charge in [-0.2, -0.15) is 0 Å². The van der Waals surface area contributed by atoms with Crippen LogP contribution >= 0.6 is 0 Å².